The first-order chi connectivity index (χ1) is 9.19. The van der Waals surface area contributed by atoms with Crippen molar-refractivity contribution >= 4 is 5.97 Å². The van der Waals surface area contributed by atoms with Gasteiger partial charge in [-0.05, 0) is 31.2 Å². The van der Waals surface area contributed by atoms with Crippen molar-refractivity contribution in [3.05, 3.63) is 24.3 Å². The minimum absolute atomic E-state index is 0.203. The topological polar surface area (TPSA) is 59.0 Å². The van der Waals surface area contributed by atoms with Crippen molar-refractivity contribution in [3.8, 4) is 11.5 Å². The zero-order chi connectivity index (χ0) is 13.7. The molecule has 1 aromatic carbocycles. The van der Waals surface area contributed by atoms with Gasteiger partial charge in [0.15, 0.2) is 0 Å². The van der Waals surface area contributed by atoms with Crippen LogP contribution in [0.1, 0.15) is 6.92 Å². The van der Waals surface area contributed by atoms with Crippen LogP contribution in [-0.4, -0.2) is 48.8 Å². The minimum Gasteiger partial charge on any atom is -0.494 e. The summed E-state index contributed by atoms with van der Waals surface area (Å²) in [7, 11) is 0. The van der Waals surface area contributed by atoms with E-state index >= 15 is 0 Å². The van der Waals surface area contributed by atoms with Crippen LogP contribution in [-0.2, 0) is 4.79 Å². The zero-order valence-corrected chi connectivity index (χ0v) is 11.0. The number of hydrogen-bond donors (Lipinski definition) is 1. The van der Waals surface area contributed by atoms with E-state index in [9.17, 15) is 4.79 Å². The maximum Gasteiger partial charge on any atom is 0.309 e. The normalized spacial score (nSPS) is 15.8. The van der Waals surface area contributed by atoms with Gasteiger partial charge in [0, 0.05) is 19.6 Å². The van der Waals surface area contributed by atoms with Crippen molar-refractivity contribution in [1.29, 1.82) is 0 Å². The molecule has 5 nitrogen and oxygen atoms in total. The maximum atomic E-state index is 10.6. The Kier molecular flexibility index (Phi) is 4.63. The van der Waals surface area contributed by atoms with Gasteiger partial charge in [-0.25, -0.2) is 0 Å². The van der Waals surface area contributed by atoms with Gasteiger partial charge in [0.1, 0.15) is 18.1 Å². The molecule has 0 radical (unpaired) electrons. The Morgan fingerprint density at radius 1 is 1.26 bits per heavy atom. The highest BCUT2D eigenvalue weighted by molar-refractivity contribution is 5.71. The van der Waals surface area contributed by atoms with Gasteiger partial charge in [-0.1, -0.05) is 0 Å². The largest absolute Gasteiger partial charge is 0.494 e. The van der Waals surface area contributed by atoms with E-state index in [0.29, 0.717) is 26.3 Å². The molecule has 1 fully saturated rings. The van der Waals surface area contributed by atoms with Crippen LogP contribution in [0.25, 0.3) is 0 Å². The first-order valence-corrected chi connectivity index (χ1v) is 6.50. The third-order valence-corrected chi connectivity index (χ3v) is 3.12. The minimum atomic E-state index is -0.705. The molecule has 1 aliphatic heterocycles. The molecule has 19 heavy (non-hydrogen) atoms. The number of ether oxygens (including phenoxy) is 2. The highest BCUT2D eigenvalue weighted by Gasteiger charge is 2.31. The average molecular weight is 265 g/mol. The van der Waals surface area contributed by atoms with E-state index in [1.54, 1.807) is 0 Å². The van der Waals surface area contributed by atoms with Crippen molar-refractivity contribution < 1.29 is 19.4 Å². The number of likely N-dealkylation sites (tertiary alicyclic amines) is 1. The van der Waals surface area contributed by atoms with Crippen LogP contribution in [0.15, 0.2) is 24.3 Å². The van der Waals surface area contributed by atoms with E-state index in [0.717, 1.165) is 18.0 Å². The summed E-state index contributed by atoms with van der Waals surface area (Å²) in [5.74, 6) is 0.731. The summed E-state index contributed by atoms with van der Waals surface area (Å²) in [6.45, 7) is 5.18. The fourth-order valence-electron chi connectivity index (χ4n) is 2.00. The smallest absolute Gasteiger partial charge is 0.309 e. The molecule has 104 valence electrons. The molecule has 1 N–H and O–H groups in total. The third-order valence-electron chi connectivity index (χ3n) is 3.12. The van der Waals surface area contributed by atoms with Crippen LogP contribution in [0.5, 0.6) is 11.5 Å². The van der Waals surface area contributed by atoms with Gasteiger partial charge in [0.25, 0.3) is 0 Å². The van der Waals surface area contributed by atoms with Gasteiger partial charge in [0.05, 0.1) is 12.5 Å². The van der Waals surface area contributed by atoms with Crippen LogP contribution < -0.4 is 9.47 Å². The Balaban J connectivity index is 1.65. The lowest BCUT2D eigenvalue weighted by atomic mass is 10.0. The molecule has 0 amide bonds. The summed E-state index contributed by atoms with van der Waals surface area (Å²) in [4.78, 5) is 12.7. The summed E-state index contributed by atoms with van der Waals surface area (Å²) in [6, 6.07) is 7.51. The molecule has 1 aliphatic rings. The van der Waals surface area contributed by atoms with E-state index < -0.39 is 5.97 Å². The number of carbonyl (C=O) groups is 1. The lowest BCUT2D eigenvalue weighted by molar-refractivity contribution is -0.147. The third kappa shape index (κ3) is 3.86. The summed E-state index contributed by atoms with van der Waals surface area (Å²) >= 11 is 0. The average Bonchev–Trinajstić information content (AvgIpc) is 2.34. The summed E-state index contributed by atoms with van der Waals surface area (Å²) in [5.41, 5.74) is 0. The van der Waals surface area contributed by atoms with Gasteiger partial charge in [0.2, 0.25) is 0 Å². The van der Waals surface area contributed by atoms with Gasteiger partial charge in [-0.2, -0.15) is 0 Å². The molecular formula is C14H19NO4. The van der Waals surface area contributed by atoms with E-state index in [4.69, 9.17) is 14.6 Å². The molecule has 2 rings (SSSR count). The zero-order valence-electron chi connectivity index (χ0n) is 11.0. The second-order valence-electron chi connectivity index (χ2n) is 4.55. The van der Waals surface area contributed by atoms with Crippen molar-refractivity contribution in [2.75, 3.05) is 32.8 Å². The number of benzene rings is 1. The van der Waals surface area contributed by atoms with Crippen molar-refractivity contribution in [2.45, 2.75) is 6.92 Å². The second-order valence-corrected chi connectivity index (χ2v) is 4.55. The molecule has 0 unspecified atom stereocenters. The second kappa shape index (κ2) is 6.43. The fourth-order valence-corrected chi connectivity index (χ4v) is 2.00. The Morgan fingerprint density at radius 3 is 2.37 bits per heavy atom. The van der Waals surface area contributed by atoms with Gasteiger partial charge >= 0.3 is 5.97 Å². The van der Waals surface area contributed by atoms with Crippen LogP contribution >= 0.6 is 0 Å². The van der Waals surface area contributed by atoms with Crippen LogP contribution in [0.2, 0.25) is 0 Å². The first-order valence-electron chi connectivity index (χ1n) is 6.50. The number of carboxylic acid groups (broad SMARTS) is 1. The predicted molar refractivity (Wildman–Crippen MR) is 70.7 cm³/mol. The molecule has 0 saturated carbocycles. The standard InChI is InChI=1S/C14H19NO4/c1-2-18-12-3-5-13(6-4-12)19-8-7-15-9-11(10-15)14(16)17/h3-6,11H,2,7-10H2,1H3,(H,16,17). The molecule has 5 heteroatoms. The van der Waals surface area contributed by atoms with Gasteiger partial charge in [-0.3, -0.25) is 9.69 Å². The quantitative estimate of drug-likeness (QED) is 0.809. The highest BCUT2D eigenvalue weighted by atomic mass is 16.5. The van der Waals surface area contributed by atoms with Crippen LogP contribution in [0, 0.1) is 5.92 Å². The molecule has 0 aliphatic carbocycles. The SMILES string of the molecule is CCOc1ccc(OCCN2CC(C(=O)O)C2)cc1. The van der Waals surface area contributed by atoms with E-state index in [2.05, 4.69) is 4.90 Å². The van der Waals surface area contributed by atoms with Gasteiger partial charge < -0.3 is 14.6 Å². The summed E-state index contributed by atoms with van der Waals surface area (Å²) in [6.07, 6.45) is 0. The first kappa shape index (κ1) is 13.7. The number of carboxylic acids is 1. The van der Waals surface area contributed by atoms with Crippen molar-refractivity contribution in [3.63, 3.8) is 0 Å². The van der Waals surface area contributed by atoms with E-state index in [1.807, 2.05) is 31.2 Å². The summed E-state index contributed by atoms with van der Waals surface area (Å²) in [5, 5.41) is 8.75. The van der Waals surface area contributed by atoms with E-state index in [-0.39, 0.29) is 5.92 Å². The maximum absolute atomic E-state index is 10.6. The van der Waals surface area contributed by atoms with Crippen molar-refractivity contribution in [1.82, 2.24) is 4.90 Å². The Labute approximate surface area is 112 Å². The number of aliphatic carboxylic acids is 1. The fraction of sp³-hybridized carbons (Fsp3) is 0.500. The van der Waals surface area contributed by atoms with Crippen LogP contribution in [0.3, 0.4) is 0 Å². The molecule has 0 spiro atoms. The lowest BCUT2D eigenvalue weighted by Gasteiger charge is -2.36. The van der Waals surface area contributed by atoms with Crippen molar-refractivity contribution in [2.24, 2.45) is 5.92 Å². The summed E-state index contributed by atoms with van der Waals surface area (Å²) < 4.78 is 10.9. The van der Waals surface area contributed by atoms with E-state index in [1.165, 1.54) is 0 Å². The number of hydrogen-bond acceptors (Lipinski definition) is 4. The number of nitrogens with zero attached hydrogens (tertiary/aromatic N) is 1. The molecule has 1 aromatic rings. The van der Waals surface area contributed by atoms with Gasteiger partial charge in [-0.15, -0.1) is 0 Å². The predicted octanol–water partition coefficient (Wildman–Crippen LogP) is 1.48. The lowest BCUT2D eigenvalue weighted by Crippen LogP contribution is -2.51. The molecule has 0 aromatic heterocycles. The Bertz CT molecular complexity index is 412. The molecule has 0 bridgehead atoms. The molecule has 0 atom stereocenters. The van der Waals surface area contributed by atoms with Crippen LogP contribution in [0.4, 0.5) is 0 Å². The Hall–Kier alpha value is -1.75. The molecular weight excluding hydrogens is 246 g/mol. The number of rotatable bonds is 7. The monoisotopic (exact) mass is 265 g/mol. The Morgan fingerprint density at radius 2 is 1.84 bits per heavy atom. The molecule has 1 saturated heterocycles. The highest BCUT2D eigenvalue weighted by Crippen LogP contribution is 2.18. The molecule has 1 heterocycles.